The Kier molecular flexibility index (Phi) is 1.30. The van der Waals surface area contributed by atoms with Gasteiger partial charge in [-0.2, -0.15) is 5.06 Å². The van der Waals surface area contributed by atoms with Crippen molar-refractivity contribution in [2.75, 3.05) is 6.54 Å². The molecule has 2 nitrogen and oxygen atoms in total. The van der Waals surface area contributed by atoms with Crippen molar-refractivity contribution in [3.8, 4) is 0 Å². The van der Waals surface area contributed by atoms with E-state index in [0.717, 1.165) is 19.4 Å². The fourth-order valence-electron chi connectivity index (χ4n) is 0.918. The summed E-state index contributed by atoms with van der Waals surface area (Å²) in [4.78, 5) is 0. The van der Waals surface area contributed by atoms with Gasteiger partial charge in [-0.3, -0.25) is 0 Å². The van der Waals surface area contributed by atoms with Crippen molar-refractivity contribution in [3.63, 3.8) is 0 Å². The van der Waals surface area contributed by atoms with Gasteiger partial charge in [0.15, 0.2) is 0 Å². The topological polar surface area (TPSA) is 23.5 Å². The predicted octanol–water partition coefficient (Wildman–Crippen LogP) is 0.860. The van der Waals surface area contributed by atoms with E-state index in [9.17, 15) is 0 Å². The molecule has 1 aliphatic rings. The molecule has 0 bridgehead atoms. The Morgan fingerprint density at radius 1 is 1.71 bits per heavy atom. The molecule has 0 amide bonds. The third kappa shape index (κ3) is 0.924. The second-order valence-corrected chi connectivity index (χ2v) is 2.15. The maximum atomic E-state index is 8.83. The maximum absolute atomic E-state index is 8.83. The average Bonchev–Trinajstić information content (AvgIpc) is 1.91. The molecule has 1 N–H and O–H groups in total. The highest BCUT2D eigenvalue weighted by atomic mass is 16.5. The van der Waals surface area contributed by atoms with Crippen molar-refractivity contribution in [2.24, 2.45) is 0 Å². The summed E-state index contributed by atoms with van der Waals surface area (Å²) in [6.45, 7) is 2.90. The van der Waals surface area contributed by atoms with E-state index in [4.69, 9.17) is 5.21 Å². The van der Waals surface area contributed by atoms with Crippen LogP contribution >= 0.6 is 0 Å². The number of nitrogens with zero attached hydrogens (tertiary/aromatic N) is 1. The Hall–Kier alpha value is -0.0800. The fourth-order valence-corrected chi connectivity index (χ4v) is 0.918. The van der Waals surface area contributed by atoms with Gasteiger partial charge in [0.05, 0.1) is 0 Å². The number of hydrogen-bond donors (Lipinski definition) is 1. The van der Waals surface area contributed by atoms with E-state index in [2.05, 4.69) is 0 Å². The Labute approximate surface area is 43.7 Å². The van der Waals surface area contributed by atoms with E-state index in [1.807, 2.05) is 6.92 Å². The number of rotatable bonds is 0. The van der Waals surface area contributed by atoms with Gasteiger partial charge in [-0.15, -0.1) is 0 Å². The molecule has 7 heavy (non-hydrogen) atoms. The molecule has 0 aromatic rings. The van der Waals surface area contributed by atoms with Gasteiger partial charge in [0, 0.05) is 12.6 Å². The van der Waals surface area contributed by atoms with E-state index >= 15 is 0 Å². The minimum Gasteiger partial charge on any atom is -0.314 e. The van der Waals surface area contributed by atoms with E-state index in [-0.39, 0.29) is 0 Å². The molecule has 1 atom stereocenters. The lowest BCUT2D eigenvalue weighted by Crippen LogP contribution is -2.21. The van der Waals surface area contributed by atoms with Crippen LogP contribution < -0.4 is 0 Å². The summed E-state index contributed by atoms with van der Waals surface area (Å²) in [5.74, 6) is 0. The molecule has 1 heterocycles. The Bertz CT molecular complexity index is 57.1. The molecule has 1 rings (SSSR count). The molecule has 1 aliphatic heterocycles. The predicted molar refractivity (Wildman–Crippen MR) is 27.2 cm³/mol. The third-order valence-corrected chi connectivity index (χ3v) is 1.52. The number of hydrogen-bond acceptors (Lipinski definition) is 2. The van der Waals surface area contributed by atoms with Crippen LogP contribution in [-0.4, -0.2) is 22.9 Å². The molecule has 0 spiro atoms. The largest absolute Gasteiger partial charge is 0.314 e. The maximum Gasteiger partial charge on any atom is 0.0322 e. The van der Waals surface area contributed by atoms with Crippen molar-refractivity contribution in [2.45, 2.75) is 25.8 Å². The highest BCUT2D eigenvalue weighted by molar-refractivity contribution is 4.66. The highest BCUT2D eigenvalue weighted by Crippen LogP contribution is 2.12. The van der Waals surface area contributed by atoms with Crippen LogP contribution in [0.2, 0.25) is 0 Å². The average molecular weight is 101 g/mol. The van der Waals surface area contributed by atoms with Crippen molar-refractivity contribution in [3.05, 3.63) is 0 Å². The molecule has 0 aliphatic carbocycles. The van der Waals surface area contributed by atoms with Gasteiger partial charge in [0.1, 0.15) is 0 Å². The Morgan fingerprint density at radius 2 is 2.43 bits per heavy atom. The van der Waals surface area contributed by atoms with Crippen molar-refractivity contribution >= 4 is 0 Å². The summed E-state index contributed by atoms with van der Waals surface area (Å²) >= 11 is 0. The molecular weight excluding hydrogens is 90.1 g/mol. The van der Waals surface area contributed by atoms with Crippen LogP contribution in [0.5, 0.6) is 0 Å². The van der Waals surface area contributed by atoms with E-state index in [1.54, 1.807) is 0 Å². The van der Waals surface area contributed by atoms with E-state index in [0.29, 0.717) is 6.04 Å². The summed E-state index contributed by atoms with van der Waals surface area (Å²) < 4.78 is 0. The van der Waals surface area contributed by atoms with E-state index in [1.165, 1.54) is 5.06 Å². The highest BCUT2D eigenvalue weighted by Gasteiger charge is 2.16. The van der Waals surface area contributed by atoms with Crippen LogP contribution in [-0.2, 0) is 0 Å². The molecule has 1 fully saturated rings. The van der Waals surface area contributed by atoms with E-state index < -0.39 is 0 Å². The second-order valence-electron chi connectivity index (χ2n) is 2.15. The van der Waals surface area contributed by atoms with Crippen molar-refractivity contribution in [1.82, 2.24) is 5.06 Å². The molecule has 0 saturated carbocycles. The van der Waals surface area contributed by atoms with Crippen LogP contribution in [0.4, 0.5) is 0 Å². The monoisotopic (exact) mass is 101 g/mol. The van der Waals surface area contributed by atoms with Gasteiger partial charge in [-0.1, -0.05) is 0 Å². The van der Waals surface area contributed by atoms with Crippen LogP contribution in [0, 0.1) is 0 Å². The minimum atomic E-state index is 0.403. The van der Waals surface area contributed by atoms with Crippen LogP contribution in [0.25, 0.3) is 0 Å². The molecular formula is C5H11NO. The summed E-state index contributed by atoms with van der Waals surface area (Å²) in [7, 11) is 0. The molecule has 1 saturated heterocycles. The van der Waals surface area contributed by atoms with Gasteiger partial charge in [0.25, 0.3) is 0 Å². The summed E-state index contributed by atoms with van der Waals surface area (Å²) in [5.41, 5.74) is 0. The van der Waals surface area contributed by atoms with Crippen LogP contribution in [0.1, 0.15) is 19.8 Å². The zero-order valence-electron chi connectivity index (χ0n) is 4.59. The lowest BCUT2D eigenvalue weighted by Gasteiger charge is -2.09. The zero-order chi connectivity index (χ0) is 5.28. The van der Waals surface area contributed by atoms with Crippen LogP contribution in [0.15, 0.2) is 0 Å². The smallest absolute Gasteiger partial charge is 0.0322 e. The van der Waals surface area contributed by atoms with Gasteiger partial charge in [-0.25, -0.2) is 0 Å². The molecule has 0 aromatic carbocycles. The second kappa shape index (κ2) is 1.80. The first-order chi connectivity index (χ1) is 3.30. The molecule has 2 heteroatoms. The SMILES string of the molecule is C[C@H]1CCCN1O. The zero-order valence-corrected chi connectivity index (χ0v) is 4.59. The van der Waals surface area contributed by atoms with Gasteiger partial charge in [0.2, 0.25) is 0 Å². The lowest BCUT2D eigenvalue weighted by atomic mass is 10.3. The van der Waals surface area contributed by atoms with Gasteiger partial charge in [-0.05, 0) is 19.8 Å². The van der Waals surface area contributed by atoms with Gasteiger partial charge < -0.3 is 5.21 Å². The molecule has 0 radical (unpaired) electrons. The Balaban J connectivity index is 2.33. The first-order valence-electron chi connectivity index (χ1n) is 2.76. The summed E-state index contributed by atoms with van der Waals surface area (Å²) in [5, 5.41) is 10.2. The number of hydroxylamine groups is 2. The third-order valence-electron chi connectivity index (χ3n) is 1.52. The summed E-state index contributed by atoms with van der Waals surface area (Å²) in [6.07, 6.45) is 2.30. The van der Waals surface area contributed by atoms with Gasteiger partial charge >= 0.3 is 0 Å². The van der Waals surface area contributed by atoms with Crippen LogP contribution in [0.3, 0.4) is 0 Å². The molecule has 0 unspecified atom stereocenters. The van der Waals surface area contributed by atoms with Crippen molar-refractivity contribution < 1.29 is 5.21 Å². The first-order valence-corrected chi connectivity index (χ1v) is 2.76. The standard InChI is InChI=1S/C5H11NO/c1-5-3-2-4-6(5)7/h5,7H,2-4H2,1H3/t5-/m0/s1. The minimum absolute atomic E-state index is 0.403. The fraction of sp³-hybridized carbons (Fsp3) is 1.00. The Morgan fingerprint density at radius 3 is 2.57 bits per heavy atom. The lowest BCUT2D eigenvalue weighted by molar-refractivity contribution is -0.0969. The molecule has 42 valence electrons. The molecule has 0 aromatic heterocycles. The van der Waals surface area contributed by atoms with Crippen molar-refractivity contribution in [1.29, 1.82) is 0 Å². The summed E-state index contributed by atoms with van der Waals surface area (Å²) in [6, 6.07) is 0.403. The normalized spacial score (nSPS) is 34.3. The quantitative estimate of drug-likeness (QED) is 0.489. The first kappa shape index (κ1) is 5.06.